The molecular formula is C13H16N2O4. The Morgan fingerprint density at radius 3 is 2.63 bits per heavy atom. The number of rotatable bonds is 5. The van der Waals surface area contributed by atoms with Crippen molar-refractivity contribution >= 4 is 11.9 Å². The molecule has 1 aliphatic rings. The van der Waals surface area contributed by atoms with Gasteiger partial charge < -0.3 is 15.0 Å². The number of aromatic amines is 1. The highest BCUT2D eigenvalue weighted by atomic mass is 16.4. The fourth-order valence-corrected chi connectivity index (χ4v) is 1.95. The lowest BCUT2D eigenvalue weighted by molar-refractivity contribution is -0.137. The molecule has 1 heterocycles. The number of carboxylic acid groups (broad SMARTS) is 1. The average molecular weight is 264 g/mol. The van der Waals surface area contributed by atoms with E-state index in [4.69, 9.17) is 5.11 Å². The molecule has 1 fully saturated rings. The predicted octanol–water partition coefficient (Wildman–Crippen LogP) is 0.763. The molecule has 0 bridgehead atoms. The number of carbonyl (C=O) groups excluding carboxylic acids is 1. The first-order valence-corrected chi connectivity index (χ1v) is 6.21. The lowest BCUT2D eigenvalue weighted by atomic mass is 10.2. The Balaban J connectivity index is 2.19. The Morgan fingerprint density at radius 1 is 1.42 bits per heavy atom. The van der Waals surface area contributed by atoms with Crippen LogP contribution in [0.2, 0.25) is 0 Å². The highest BCUT2D eigenvalue weighted by Crippen LogP contribution is 2.28. The largest absolute Gasteiger partial charge is 0.481 e. The molecule has 1 amide bonds. The van der Waals surface area contributed by atoms with Crippen LogP contribution in [0.15, 0.2) is 16.9 Å². The van der Waals surface area contributed by atoms with Gasteiger partial charge in [-0.3, -0.25) is 14.4 Å². The van der Waals surface area contributed by atoms with Gasteiger partial charge in [0.15, 0.2) is 0 Å². The van der Waals surface area contributed by atoms with Crippen LogP contribution in [0, 0.1) is 6.92 Å². The number of amides is 1. The van der Waals surface area contributed by atoms with Crippen molar-refractivity contribution in [3.05, 3.63) is 33.7 Å². The third-order valence-corrected chi connectivity index (χ3v) is 3.10. The second-order valence-corrected chi connectivity index (χ2v) is 4.76. The van der Waals surface area contributed by atoms with Gasteiger partial charge in [0.05, 0.1) is 6.42 Å². The third-order valence-electron chi connectivity index (χ3n) is 3.10. The van der Waals surface area contributed by atoms with Gasteiger partial charge >= 0.3 is 5.97 Å². The van der Waals surface area contributed by atoms with Crippen LogP contribution in [0.5, 0.6) is 0 Å². The summed E-state index contributed by atoms with van der Waals surface area (Å²) in [5.74, 6) is -1.33. The summed E-state index contributed by atoms with van der Waals surface area (Å²) in [6, 6.07) is 3.23. The number of carbonyl (C=O) groups is 2. The molecule has 0 aliphatic heterocycles. The minimum absolute atomic E-state index is 0.0721. The van der Waals surface area contributed by atoms with E-state index in [1.807, 2.05) is 0 Å². The second-order valence-electron chi connectivity index (χ2n) is 4.76. The molecule has 1 aromatic rings. The zero-order valence-corrected chi connectivity index (χ0v) is 10.7. The molecule has 0 radical (unpaired) electrons. The van der Waals surface area contributed by atoms with Crippen LogP contribution in [0.3, 0.4) is 0 Å². The smallest absolute Gasteiger partial charge is 0.305 e. The fourth-order valence-electron chi connectivity index (χ4n) is 1.95. The molecule has 0 aromatic carbocycles. The van der Waals surface area contributed by atoms with Gasteiger partial charge in [-0.2, -0.15) is 0 Å². The Morgan fingerprint density at radius 2 is 2.11 bits per heavy atom. The van der Waals surface area contributed by atoms with E-state index in [1.165, 1.54) is 11.0 Å². The van der Waals surface area contributed by atoms with Crippen molar-refractivity contribution in [1.29, 1.82) is 0 Å². The van der Waals surface area contributed by atoms with Crippen molar-refractivity contribution in [1.82, 2.24) is 9.88 Å². The maximum absolute atomic E-state index is 12.3. The molecule has 0 spiro atoms. The number of carboxylic acids is 1. The first-order chi connectivity index (χ1) is 8.99. The van der Waals surface area contributed by atoms with Crippen molar-refractivity contribution < 1.29 is 14.7 Å². The van der Waals surface area contributed by atoms with Crippen LogP contribution in [0.4, 0.5) is 0 Å². The van der Waals surface area contributed by atoms with Crippen LogP contribution in [0.25, 0.3) is 0 Å². The molecule has 1 saturated carbocycles. The van der Waals surface area contributed by atoms with Crippen molar-refractivity contribution in [2.45, 2.75) is 32.2 Å². The molecule has 0 unspecified atom stereocenters. The number of aryl methyl sites for hydroxylation is 1. The van der Waals surface area contributed by atoms with Gasteiger partial charge in [0.1, 0.15) is 5.56 Å². The summed E-state index contributed by atoms with van der Waals surface area (Å²) in [5.41, 5.74) is 0.332. The SMILES string of the molecule is Cc1ccc(C(=O)N(CCC(=O)O)C2CC2)c(=O)[nH]1. The zero-order valence-electron chi connectivity index (χ0n) is 10.7. The van der Waals surface area contributed by atoms with E-state index in [-0.39, 0.29) is 30.5 Å². The summed E-state index contributed by atoms with van der Waals surface area (Å²) < 4.78 is 0. The summed E-state index contributed by atoms with van der Waals surface area (Å²) in [5, 5.41) is 8.70. The van der Waals surface area contributed by atoms with E-state index in [2.05, 4.69) is 4.98 Å². The minimum atomic E-state index is -0.948. The van der Waals surface area contributed by atoms with Crippen LogP contribution in [-0.4, -0.2) is 39.5 Å². The molecule has 6 nitrogen and oxygen atoms in total. The van der Waals surface area contributed by atoms with E-state index >= 15 is 0 Å². The summed E-state index contributed by atoms with van der Waals surface area (Å²) in [7, 11) is 0. The highest BCUT2D eigenvalue weighted by molar-refractivity contribution is 5.94. The summed E-state index contributed by atoms with van der Waals surface area (Å²) in [4.78, 5) is 38.7. The number of aromatic nitrogens is 1. The van der Waals surface area contributed by atoms with Gasteiger partial charge in [-0.15, -0.1) is 0 Å². The molecule has 1 aliphatic carbocycles. The van der Waals surface area contributed by atoms with Crippen molar-refractivity contribution in [2.75, 3.05) is 6.54 Å². The highest BCUT2D eigenvalue weighted by Gasteiger charge is 2.33. The summed E-state index contributed by atoms with van der Waals surface area (Å²) >= 11 is 0. The normalized spacial score (nSPS) is 14.2. The number of hydrogen-bond acceptors (Lipinski definition) is 3. The molecule has 6 heteroatoms. The minimum Gasteiger partial charge on any atom is -0.481 e. The summed E-state index contributed by atoms with van der Waals surface area (Å²) in [6.45, 7) is 1.88. The lowest BCUT2D eigenvalue weighted by Gasteiger charge is -2.21. The second kappa shape index (κ2) is 5.26. The number of aliphatic carboxylic acids is 1. The van der Waals surface area contributed by atoms with E-state index < -0.39 is 11.5 Å². The fraction of sp³-hybridized carbons (Fsp3) is 0.462. The first kappa shape index (κ1) is 13.3. The van der Waals surface area contributed by atoms with Crippen molar-refractivity contribution in [3.8, 4) is 0 Å². The Bertz CT molecular complexity index is 560. The van der Waals surface area contributed by atoms with E-state index in [0.29, 0.717) is 5.69 Å². The van der Waals surface area contributed by atoms with Crippen LogP contribution in [-0.2, 0) is 4.79 Å². The topological polar surface area (TPSA) is 90.5 Å². The van der Waals surface area contributed by atoms with Crippen LogP contribution >= 0.6 is 0 Å². The monoisotopic (exact) mass is 264 g/mol. The maximum Gasteiger partial charge on any atom is 0.305 e. The van der Waals surface area contributed by atoms with Crippen LogP contribution < -0.4 is 5.56 Å². The molecule has 0 atom stereocenters. The molecule has 102 valence electrons. The molecule has 2 rings (SSSR count). The van der Waals surface area contributed by atoms with Gasteiger partial charge in [-0.05, 0) is 31.9 Å². The quantitative estimate of drug-likeness (QED) is 0.821. The standard InChI is InChI=1S/C13H16N2O4/c1-8-2-5-10(12(18)14-8)13(19)15(9-3-4-9)7-6-11(16)17/h2,5,9H,3-4,6-7H2,1H3,(H,14,18)(H,16,17). The Hall–Kier alpha value is -2.11. The molecular weight excluding hydrogens is 248 g/mol. The third kappa shape index (κ3) is 3.21. The number of pyridine rings is 1. The molecule has 2 N–H and O–H groups in total. The van der Waals surface area contributed by atoms with Crippen molar-refractivity contribution in [2.24, 2.45) is 0 Å². The van der Waals surface area contributed by atoms with Gasteiger partial charge in [0.2, 0.25) is 0 Å². The van der Waals surface area contributed by atoms with Crippen molar-refractivity contribution in [3.63, 3.8) is 0 Å². The first-order valence-electron chi connectivity index (χ1n) is 6.21. The van der Waals surface area contributed by atoms with Crippen LogP contribution in [0.1, 0.15) is 35.3 Å². The lowest BCUT2D eigenvalue weighted by Crippen LogP contribution is -2.38. The van der Waals surface area contributed by atoms with E-state index in [9.17, 15) is 14.4 Å². The average Bonchev–Trinajstić information content (AvgIpc) is 3.13. The Labute approximate surface area is 110 Å². The number of nitrogens with zero attached hydrogens (tertiary/aromatic N) is 1. The summed E-state index contributed by atoms with van der Waals surface area (Å²) in [6.07, 6.45) is 1.64. The van der Waals surface area contributed by atoms with E-state index in [0.717, 1.165) is 12.8 Å². The molecule has 0 saturated heterocycles. The maximum atomic E-state index is 12.3. The molecule has 1 aromatic heterocycles. The van der Waals surface area contributed by atoms with E-state index in [1.54, 1.807) is 13.0 Å². The van der Waals surface area contributed by atoms with Gasteiger partial charge in [-0.25, -0.2) is 0 Å². The van der Waals surface area contributed by atoms with Gasteiger partial charge in [0.25, 0.3) is 11.5 Å². The predicted molar refractivity (Wildman–Crippen MR) is 68.1 cm³/mol. The van der Waals surface area contributed by atoms with Gasteiger partial charge in [-0.1, -0.05) is 0 Å². The number of hydrogen-bond donors (Lipinski definition) is 2. The Kier molecular flexibility index (Phi) is 3.69. The number of H-pyrrole nitrogens is 1. The zero-order chi connectivity index (χ0) is 14.0. The van der Waals surface area contributed by atoms with Gasteiger partial charge in [0, 0.05) is 18.3 Å². The number of nitrogens with one attached hydrogen (secondary N) is 1. The molecule has 19 heavy (non-hydrogen) atoms.